The molecule has 6 nitrogen and oxygen atoms in total. The van der Waals surface area contributed by atoms with Crippen molar-refractivity contribution in [2.45, 2.75) is 6.42 Å². The van der Waals surface area contributed by atoms with E-state index in [4.69, 9.17) is 5.73 Å². The van der Waals surface area contributed by atoms with Crippen LogP contribution in [0.15, 0.2) is 48.7 Å². The number of nitrogens with two attached hydrogens (primary N) is 1. The van der Waals surface area contributed by atoms with Gasteiger partial charge in [-0.15, -0.1) is 10.2 Å². The number of pyridine rings is 1. The molecule has 0 bridgehead atoms. The predicted octanol–water partition coefficient (Wildman–Crippen LogP) is 1.01. The normalized spacial score (nSPS) is 10.8. The van der Waals surface area contributed by atoms with Gasteiger partial charge in [0, 0.05) is 25.7 Å². The number of benzene rings is 1. The van der Waals surface area contributed by atoms with Crippen molar-refractivity contribution >= 4 is 11.6 Å². The molecule has 0 saturated carbocycles. The first kappa shape index (κ1) is 14.2. The van der Waals surface area contributed by atoms with Gasteiger partial charge in [0.25, 0.3) is 5.91 Å². The SMILES string of the molecule is NCCNC(=O)c1ccc2nnc(Cc3ccccc3)n2c1. The minimum atomic E-state index is -0.147. The quantitative estimate of drug-likeness (QED) is 0.735. The smallest absolute Gasteiger partial charge is 0.252 e. The Bertz CT molecular complexity index is 782. The van der Waals surface area contributed by atoms with Crippen molar-refractivity contribution < 1.29 is 4.79 Å². The zero-order chi connectivity index (χ0) is 15.4. The Labute approximate surface area is 128 Å². The van der Waals surface area contributed by atoms with Gasteiger partial charge in [-0.05, 0) is 17.7 Å². The summed E-state index contributed by atoms with van der Waals surface area (Å²) in [6, 6.07) is 13.6. The highest BCUT2D eigenvalue weighted by Crippen LogP contribution is 2.11. The Morgan fingerprint density at radius 1 is 1.14 bits per heavy atom. The Balaban J connectivity index is 1.90. The molecular formula is C16H17N5O. The Morgan fingerprint density at radius 3 is 2.73 bits per heavy atom. The number of fused-ring (bicyclic) bond motifs is 1. The zero-order valence-corrected chi connectivity index (χ0v) is 12.1. The first-order valence-corrected chi connectivity index (χ1v) is 7.14. The van der Waals surface area contributed by atoms with Crippen molar-refractivity contribution in [3.8, 4) is 0 Å². The van der Waals surface area contributed by atoms with Gasteiger partial charge in [0.05, 0.1) is 5.56 Å². The number of nitrogens with zero attached hydrogens (tertiary/aromatic N) is 3. The summed E-state index contributed by atoms with van der Waals surface area (Å²) in [5.41, 5.74) is 7.84. The Morgan fingerprint density at radius 2 is 1.95 bits per heavy atom. The van der Waals surface area contributed by atoms with E-state index in [0.717, 1.165) is 17.0 Å². The van der Waals surface area contributed by atoms with E-state index in [1.807, 2.05) is 34.7 Å². The van der Waals surface area contributed by atoms with Gasteiger partial charge in [0.2, 0.25) is 0 Å². The van der Waals surface area contributed by atoms with Crippen molar-refractivity contribution in [3.63, 3.8) is 0 Å². The Hall–Kier alpha value is -2.73. The maximum absolute atomic E-state index is 12.0. The minimum absolute atomic E-state index is 0.147. The lowest BCUT2D eigenvalue weighted by Crippen LogP contribution is -2.29. The molecular weight excluding hydrogens is 278 g/mol. The van der Waals surface area contributed by atoms with E-state index >= 15 is 0 Å². The third-order valence-electron chi connectivity index (χ3n) is 3.37. The first-order chi connectivity index (χ1) is 10.8. The van der Waals surface area contributed by atoms with Crippen LogP contribution in [0, 0.1) is 0 Å². The maximum Gasteiger partial charge on any atom is 0.252 e. The van der Waals surface area contributed by atoms with E-state index in [9.17, 15) is 4.79 Å². The lowest BCUT2D eigenvalue weighted by atomic mass is 10.1. The van der Waals surface area contributed by atoms with Crippen molar-refractivity contribution in [3.05, 3.63) is 65.6 Å². The molecule has 112 valence electrons. The molecule has 3 rings (SSSR count). The largest absolute Gasteiger partial charge is 0.351 e. The van der Waals surface area contributed by atoms with E-state index in [-0.39, 0.29) is 5.91 Å². The predicted molar refractivity (Wildman–Crippen MR) is 83.6 cm³/mol. The van der Waals surface area contributed by atoms with E-state index in [1.165, 1.54) is 0 Å². The van der Waals surface area contributed by atoms with Crippen LogP contribution in [0.5, 0.6) is 0 Å². The van der Waals surface area contributed by atoms with Crippen LogP contribution in [0.3, 0.4) is 0 Å². The van der Waals surface area contributed by atoms with E-state index in [1.54, 1.807) is 18.3 Å². The maximum atomic E-state index is 12.0. The van der Waals surface area contributed by atoms with Gasteiger partial charge < -0.3 is 11.1 Å². The molecule has 0 aliphatic carbocycles. The number of hydrogen-bond acceptors (Lipinski definition) is 4. The number of carbonyl (C=O) groups is 1. The van der Waals surface area contributed by atoms with E-state index in [2.05, 4.69) is 15.5 Å². The summed E-state index contributed by atoms with van der Waals surface area (Å²) in [4.78, 5) is 12.0. The average Bonchev–Trinajstić information content (AvgIpc) is 2.96. The summed E-state index contributed by atoms with van der Waals surface area (Å²) in [5.74, 6) is 0.654. The summed E-state index contributed by atoms with van der Waals surface area (Å²) in [6.45, 7) is 0.871. The van der Waals surface area contributed by atoms with Gasteiger partial charge in [-0.1, -0.05) is 30.3 Å². The molecule has 0 aliphatic rings. The second kappa shape index (κ2) is 6.36. The van der Waals surface area contributed by atoms with Crippen LogP contribution in [0.25, 0.3) is 5.65 Å². The lowest BCUT2D eigenvalue weighted by molar-refractivity contribution is 0.0954. The molecule has 0 radical (unpaired) electrons. The number of hydrogen-bond donors (Lipinski definition) is 2. The number of nitrogens with one attached hydrogen (secondary N) is 1. The molecule has 1 aromatic carbocycles. The number of carbonyl (C=O) groups excluding carboxylic acids is 1. The molecule has 22 heavy (non-hydrogen) atoms. The first-order valence-electron chi connectivity index (χ1n) is 7.14. The van der Waals surface area contributed by atoms with Crippen LogP contribution in [0.2, 0.25) is 0 Å². The topological polar surface area (TPSA) is 85.3 Å². The van der Waals surface area contributed by atoms with Crippen LogP contribution in [0.4, 0.5) is 0 Å². The van der Waals surface area contributed by atoms with Crippen molar-refractivity contribution in [1.82, 2.24) is 19.9 Å². The molecule has 2 aromatic heterocycles. The molecule has 2 heterocycles. The summed E-state index contributed by atoms with van der Waals surface area (Å²) in [6.07, 6.45) is 2.43. The fourth-order valence-electron chi connectivity index (χ4n) is 2.26. The molecule has 3 aromatic rings. The standard InChI is InChI=1S/C16H17N5O/c17-8-9-18-16(22)13-6-7-14-19-20-15(21(14)11-13)10-12-4-2-1-3-5-12/h1-7,11H,8-10,17H2,(H,18,22). The van der Waals surface area contributed by atoms with E-state index in [0.29, 0.717) is 25.1 Å². The highest BCUT2D eigenvalue weighted by molar-refractivity contribution is 5.94. The van der Waals surface area contributed by atoms with Gasteiger partial charge >= 0.3 is 0 Å². The monoisotopic (exact) mass is 295 g/mol. The molecule has 0 fully saturated rings. The molecule has 0 atom stereocenters. The van der Waals surface area contributed by atoms with Crippen molar-refractivity contribution in [2.24, 2.45) is 5.73 Å². The lowest BCUT2D eigenvalue weighted by Gasteiger charge is -2.05. The van der Waals surface area contributed by atoms with Gasteiger partial charge in [0.1, 0.15) is 5.82 Å². The average molecular weight is 295 g/mol. The molecule has 0 aliphatic heterocycles. The van der Waals surface area contributed by atoms with Gasteiger partial charge in [-0.3, -0.25) is 9.20 Å². The van der Waals surface area contributed by atoms with E-state index < -0.39 is 0 Å². The van der Waals surface area contributed by atoms with Gasteiger partial charge in [0.15, 0.2) is 5.65 Å². The molecule has 0 spiro atoms. The number of rotatable bonds is 5. The van der Waals surface area contributed by atoms with Crippen molar-refractivity contribution in [1.29, 1.82) is 0 Å². The summed E-state index contributed by atoms with van der Waals surface area (Å²) in [7, 11) is 0. The summed E-state index contributed by atoms with van der Waals surface area (Å²) < 4.78 is 1.85. The Kier molecular flexibility index (Phi) is 4.11. The molecule has 3 N–H and O–H groups in total. The second-order valence-electron chi connectivity index (χ2n) is 4.97. The fraction of sp³-hybridized carbons (Fsp3) is 0.188. The van der Waals surface area contributed by atoms with Crippen LogP contribution < -0.4 is 11.1 Å². The second-order valence-corrected chi connectivity index (χ2v) is 4.97. The third kappa shape index (κ3) is 2.96. The summed E-state index contributed by atoms with van der Waals surface area (Å²) in [5, 5.41) is 11.1. The van der Waals surface area contributed by atoms with Crippen LogP contribution in [0.1, 0.15) is 21.7 Å². The van der Waals surface area contributed by atoms with Crippen molar-refractivity contribution in [2.75, 3.05) is 13.1 Å². The summed E-state index contributed by atoms with van der Waals surface area (Å²) >= 11 is 0. The van der Waals surface area contributed by atoms with Crippen LogP contribution >= 0.6 is 0 Å². The van der Waals surface area contributed by atoms with Gasteiger partial charge in [-0.2, -0.15) is 0 Å². The molecule has 6 heteroatoms. The zero-order valence-electron chi connectivity index (χ0n) is 12.1. The third-order valence-corrected chi connectivity index (χ3v) is 3.37. The highest BCUT2D eigenvalue weighted by atomic mass is 16.1. The molecule has 1 amide bonds. The van der Waals surface area contributed by atoms with Crippen LogP contribution in [-0.2, 0) is 6.42 Å². The highest BCUT2D eigenvalue weighted by Gasteiger charge is 2.10. The molecule has 0 unspecified atom stereocenters. The fourth-order valence-corrected chi connectivity index (χ4v) is 2.26. The van der Waals surface area contributed by atoms with Crippen LogP contribution in [-0.4, -0.2) is 33.6 Å². The number of amides is 1. The van der Waals surface area contributed by atoms with Gasteiger partial charge in [-0.25, -0.2) is 0 Å². The number of aromatic nitrogens is 3. The molecule has 0 saturated heterocycles. The minimum Gasteiger partial charge on any atom is -0.351 e.